The van der Waals surface area contributed by atoms with Gasteiger partial charge in [0.05, 0.1) is 136 Å². The summed E-state index contributed by atoms with van der Waals surface area (Å²) in [6.45, 7) is 22.1. The van der Waals surface area contributed by atoms with E-state index in [1.807, 2.05) is 80.6 Å². The van der Waals surface area contributed by atoms with E-state index in [-0.39, 0.29) is 21.8 Å². The van der Waals surface area contributed by atoms with Crippen molar-refractivity contribution in [1.29, 1.82) is 0 Å². The molecule has 0 saturated heterocycles. The van der Waals surface area contributed by atoms with Crippen molar-refractivity contribution < 1.29 is 86.9 Å². The summed E-state index contributed by atoms with van der Waals surface area (Å²) < 4.78 is 66.1. The number of aromatic nitrogens is 10. The number of anilines is 3. The summed E-state index contributed by atoms with van der Waals surface area (Å²) in [5.41, 5.74) is 24.2. The SMILES string of the molecule is CC(C)(O)CCOc1cccc2ncc(N)c(N)c12.CCOCc1nc2c(cnc3cccc(OCCC(C)(C)O)c32)[nH]1.COCCC(=O)Cl.COCCc1nc2c([nH]1)c(N)nc1cccc(OCCC(C)(C)O)c12.COCCc1nc2c(c[n+](O)c3cccc(OCCC(C)(C)O)c23)[nH]1.Cc1ccc(S(=O)(=O)Cl)cc1.N.O. The van der Waals surface area contributed by atoms with Crippen molar-refractivity contribution in [2.45, 2.75) is 148 Å². The zero-order valence-electron chi connectivity index (χ0n) is 66.2. The summed E-state index contributed by atoms with van der Waals surface area (Å²) in [6, 6.07) is 28.8. The van der Waals surface area contributed by atoms with Gasteiger partial charge in [0, 0.05) is 94.4 Å². The number of H-pyrrole nitrogens is 3. The Morgan fingerprint density at radius 2 is 0.965 bits per heavy atom. The highest BCUT2D eigenvalue weighted by Gasteiger charge is 2.24. The number of imidazole rings is 3. The lowest BCUT2D eigenvalue weighted by molar-refractivity contribution is -0.883. The molecule has 0 spiro atoms. The lowest BCUT2D eigenvalue weighted by atomic mass is 10.1. The van der Waals surface area contributed by atoms with Crippen LogP contribution in [0.1, 0.15) is 117 Å². The van der Waals surface area contributed by atoms with Crippen molar-refractivity contribution in [2.24, 2.45) is 0 Å². The smallest absolute Gasteiger partial charge is 0.270 e. The number of fused-ring (bicyclic) bond motifs is 10. The van der Waals surface area contributed by atoms with E-state index in [4.69, 9.17) is 72.6 Å². The molecule has 0 bridgehead atoms. The largest absolute Gasteiger partial charge is 0.493 e. The van der Waals surface area contributed by atoms with E-state index in [0.717, 1.165) is 99.2 Å². The average Bonchev–Trinajstić information content (AvgIpc) is 1.67. The highest BCUT2D eigenvalue weighted by molar-refractivity contribution is 8.13. The molecule has 113 heavy (non-hydrogen) atoms. The van der Waals surface area contributed by atoms with Gasteiger partial charge in [0.1, 0.15) is 85.9 Å². The second-order valence-corrected chi connectivity index (χ2v) is 31.4. The molecule has 0 fully saturated rings. The van der Waals surface area contributed by atoms with Crippen molar-refractivity contribution >= 4 is 130 Å². The van der Waals surface area contributed by atoms with Crippen LogP contribution in [0, 0.1) is 6.92 Å². The Labute approximate surface area is 666 Å². The minimum absolute atomic E-state index is 0. The first-order chi connectivity index (χ1) is 52.4. The molecular weight excluding hydrogens is 1520 g/mol. The van der Waals surface area contributed by atoms with Crippen LogP contribution in [0.5, 0.6) is 23.0 Å². The predicted octanol–water partition coefficient (Wildman–Crippen LogP) is 11.6. The lowest BCUT2D eigenvalue weighted by Gasteiger charge is -2.18. The molecule has 0 aliphatic rings. The number of aromatic amines is 3. The molecule has 0 saturated carbocycles. The van der Waals surface area contributed by atoms with Gasteiger partial charge in [0.15, 0.2) is 0 Å². The van der Waals surface area contributed by atoms with Crippen LogP contribution >= 0.6 is 22.3 Å². The predicted molar refractivity (Wildman–Crippen MR) is 441 cm³/mol. The number of nitrogen functional groups attached to an aromatic ring is 3. The number of benzene rings is 5. The summed E-state index contributed by atoms with van der Waals surface area (Å²) in [6.07, 6.45) is 8.63. The Morgan fingerprint density at radius 1 is 0.540 bits per heavy atom. The number of ether oxygens (including phenoxy) is 8. The second kappa shape index (κ2) is 43.0. The van der Waals surface area contributed by atoms with E-state index in [1.165, 1.54) is 25.4 Å². The van der Waals surface area contributed by atoms with Crippen LogP contribution in [0.3, 0.4) is 0 Å². The maximum atomic E-state index is 10.7. The number of pyridine rings is 4. The first-order valence-electron chi connectivity index (χ1n) is 35.9. The topological polar surface area (TPSA) is 499 Å². The maximum Gasteiger partial charge on any atom is 0.270 e. The fourth-order valence-electron chi connectivity index (χ4n) is 10.6. The Morgan fingerprint density at radius 3 is 1.44 bits per heavy atom. The molecule has 31 nitrogen and oxygen atoms in total. The van der Waals surface area contributed by atoms with Gasteiger partial charge in [-0.25, -0.2) is 28.4 Å². The molecular formula is C79H109Cl2N14O17S+. The molecule has 5 aromatic carbocycles. The number of nitrogens with two attached hydrogens (primary N) is 3. The third-order valence-electron chi connectivity index (χ3n) is 16.5. The molecule has 0 aliphatic heterocycles. The molecule has 616 valence electrons. The van der Waals surface area contributed by atoms with Gasteiger partial charge in [0.25, 0.3) is 14.6 Å². The first-order valence-corrected chi connectivity index (χ1v) is 38.6. The van der Waals surface area contributed by atoms with Crippen LogP contribution in [0.25, 0.3) is 76.7 Å². The Balaban J connectivity index is 0.000000250. The number of methoxy groups -OCH3 is 3. The van der Waals surface area contributed by atoms with Crippen molar-refractivity contribution in [3.63, 3.8) is 0 Å². The number of aliphatic hydroxyl groups is 4. The van der Waals surface area contributed by atoms with E-state index >= 15 is 0 Å². The van der Waals surface area contributed by atoms with Gasteiger partial charge in [-0.3, -0.25) is 20.0 Å². The zero-order chi connectivity index (χ0) is 81.4. The Kier molecular flexibility index (Phi) is 35.8. The van der Waals surface area contributed by atoms with Crippen LogP contribution in [-0.4, -0.2) is 186 Å². The van der Waals surface area contributed by atoms with Crippen molar-refractivity contribution in [2.75, 3.05) is 91.4 Å². The number of nitrogens with one attached hydrogen (secondary N) is 3. The highest BCUT2D eigenvalue weighted by atomic mass is 35.7. The third kappa shape index (κ3) is 29.1. The average molecular weight is 1630 g/mol. The summed E-state index contributed by atoms with van der Waals surface area (Å²) in [5.74, 6) is 5.44. The van der Waals surface area contributed by atoms with Crippen LogP contribution in [0.4, 0.5) is 17.2 Å². The molecule has 0 amide bonds. The molecule has 12 rings (SSSR count). The number of hydrogen-bond acceptors (Lipinski definition) is 26. The summed E-state index contributed by atoms with van der Waals surface area (Å²) >= 11 is 4.94. The van der Waals surface area contributed by atoms with E-state index in [2.05, 4.69) is 49.6 Å². The fraction of sp³-hybridized carbons (Fsp3) is 0.418. The van der Waals surface area contributed by atoms with Gasteiger partial charge in [-0.1, -0.05) is 42.0 Å². The van der Waals surface area contributed by atoms with Crippen LogP contribution in [0.15, 0.2) is 121 Å². The van der Waals surface area contributed by atoms with Crippen LogP contribution in [-0.2, 0) is 52.2 Å². The van der Waals surface area contributed by atoms with Gasteiger partial charge in [0.2, 0.25) is 11.4 Å². The van der Waals surface area contributed by atoms with E-state index in [1.54, 1.807) is 100 Å². The van der Waals surface area contributed by atoms with Crippen LogP contribution in [0.2, 0.25) is 0 Å². The summed E-state index contributed by atoms with van der Waals surface area (Å²) in [5, 5.41) is 52.3. The molecule has 19 N–H and O–H groups in total. The Hall–Kier alpha value is -9.65. The monoisotopic (exact) mass is 1630 g/mol. The number of carbonyl (C=O) groups excluding carboxylic acids is 1. The molecule has 12 aromatic rings. The van der Waals surface area contributed by atoms with E-state index in [0.29, 0.717) is 150 Å². The van der Waals surface area contributed by atoms with Crippen LogP contribution < -0.4 is 47.0 Å². The summed E-state index contributed by atoms with van der Waals surface area (Å²) in [7, 11) is 6.37. The highest BCUT2D eigenvalue weighted by Crippen LogP contribution is 2.37. The van der Waals surface area contributed by atoms with E-state index in [9.17, 15) is 38.8 Å². The number of nitrogens with zero attached hydrogens (tertiary/aromatic N) is 7. The molecule has 0 aliphatic carbocycles. The van der Waals surface area contributed by atoms with Crippen molar-refractivity contribution in [3.05, 3.63) is 139 Å². The maximum absolute atomic E-state index is 10.7. The molecule has 0 atom stereocenters. The van der Waals surface area contributed by atoms with Gasteiger partial charge >= 0.3 is 0 Å². The Bertz CT molecular complexity index is 5140. The number of halogens is 2. The van der Waals surface area contributed by atoms with Gasteiger partial charge < -0.3 is 102 Å². The number of hydrogen-bond donors (Lipinski definition) is 12. The standard InChI is InChI=1S/C18H24N4O3.C18H23N3O4.C18H23N3O3.C14H19N3O2.C7H7ClO2S.C4H7ClO2.H3N.H2O/c1-18(2,23)8-10-25-12-6-4-5-11-14(12)15-16(17(19)20-11)22-13(21-15)7-9-24-3;1-18(2,22)8-10-25-14-6-4-5-13-16(14)17-12(11-21(13)23)19-15(20-17)7-9-24-3;1-4-23-11-15-20-13-10-19-12-6-5-7-14(16(12)17(13)21-15)24-9-8-18(2,3)22;1-14(2,18)6-7-19-11-5-3-4-10-12(11)13(16)9(15)8-17-10;1-6-2-4-7(5-3-6)11(8,9)10;1-7-3-2-4(5)6;;/h4-6,23H,7-10H2,1-3H3,(H2,19,20)(H,21,22);4-6,11,22-23H,7-10H2,1-3H3;5-7,10,22H,4,8-9,11H2,1-3H3,(H,20,21);3-5,8,18H,6-7,15H2,1-2H3,(H2,16,17);2-5H,1H3;2-3H2,1H3;1H3;1H2/p+1. The van der Waals surface area contributed by atoms with Crippen molar-refractivity contribution in [1.82, 2.24) is 51.0 Å². The lowest BCUT2D eigenvalue weighted by Crippen LogP contribution is -2.30. The van der Waals surface area contributed by atoms with Gasteiger partial charge in [-0.05, 0) is 135 Å². The molecule has 0 unspecified atom stereocenters. The molecule has 7 heterocycles. The van der Waals surface area contributed by atoms with Crippen molar-refractivity contribution in [3.8, 4) is 23.0 Å². The summed E-state index contributed by atoms with van der Waals surface area (Å²) in [4.78, 5) is 46.8. The third-order valence-corrected chi connectivity index (χ3v) is 18.1. The number of aryl methyl sites for hydroxylation is 1. The first kappa shape index (κ1) is 93.9. The quantitative estimate of drug-likeness (QED) is 0.0118. The number of rotatable bonds is 29. The molecule has 7 aromatic heterocycles. The minimum Gasteiger partial charge on any atom is -0.493 e. The second-order valence-electron chi connectivity index (χ2n) is 28.4. The minimum atomic E-state index is -3.55. The van der Waals surface area contributed by atoms with Gasteiger partial charge in [-0.15, -0.1) is 0 Å². The van der Waals surface area contributed by atoms with Gasteiger partial charge in [-0.2, -0.15) is 0 Å². The molecule has 34 heteroatoms. The normalized spacial score (nSPS) is 11.6. The molecule has 0 radical (unpaired) electrons. The van der Waals surface area contributed by atoms with E-state index < -0.39 is 31.5 Å². The zero-order valence-corrected chi connectivity index (χ0v) is 68.6. The fourth-order valence-corrected chi connectivity index (χ4v) is 11.4. The number of carbonyl (C=O) groups is 1.